The Hall–Kier alpha value is -0.450. The Morgan fingerprint density at radius 3 is 3.06 bits per heavy atom. The smallest absolute Gasteiger partial charge is 0.107 e. The van der Waals surface area contributed by atoms with E-state index in [9.17, 15) is 0 Å². The molecule has 0 amide bonds. The Morgan fingerprint density at radius 2 is 2.35 bits per heavy atom. The third-order valence-corrected chi connectivity index (χ3v) is 4.62. The molecule has 1 aromatic heterocycles. The first-order valence-corrected chi connectivity index (χ1v) is 7.54. The quantitative estimate of drug-likeness (QED) is 0.868. The summed E-state index contributed by atoms with van der Waals surface area (Å²) in [6, 6.07) is 0.852. The zero-order valence-electron chi connectivity index (χ0n) is 10.5. The molecule has 1 aliphatic carbocycles. The van der Waals surface area contributed by atoms with Crippen LogP contribution >= 0.6 is 11.3 Å². The van der Waals surface area contributed by atoms with Crippen LogP contribution in [-0.4, -0.2) is 35.6 Å². The molecular weight excluding hydrogens is 230 g/mol. The average Bonchev–Trinajstić information content (AvgIpc) is 2.90. The fraction of sp³-hybridized carbons (Fsp3) is 0.769. The van der Waals surface area contributed by atoms with Gasteiger partial charge in [0, 0.05) is 23.7 Å². The van der Waals surface area contributed by atoms with Gasteiger partial charge in [0.05, 0.1) is 6.54 Å². The maximum atomic E-state index is 4.54. The maximum absolute atomic E-state index is 4.54. The van der Waals surface area contributed by atoms with Crippen LogP contribution in [0.5, 0.6) is 0 Å². The highest BCUT2D eigenvalue weighted by molar-refractivity contribution is 7.09. The van der Waals surface area contributed by atoms with E-state index in [4.69, 9.17) is 0 Å². The lowest BCUT2D eigenvalue weighted by atomic mass is 10.1. The molecule has 0 spiro atoms. The molecule has 0 radical (unpaired) electrons. The van der Waals surface area contributed by atoms with Crippen LogP contribution in [0.3, 0.4) is 0 Å². The zero-order chi connectivity index (χ0) is 11.7. The number of hydrogen-bond donors (Lipinski definition) is 1. The van der Waals surface area contributed by atoms with Crippen molar-refractivity contribution in [1.82, 2.24) is 15.2 Å². The normalized spacial score (nSPS) is 25.6. The molecule has 2 heterocycles. The van der Waals surface area contributed by atoms with Crippen molar-refractivity contribution in [3.05, 3.63) is 16.1 Å². The SMILES string of the molecule is Cc1csc(CN2CCC(CNC3CC3)C2)n1. The lowest BCUT2D eigenvalue weighted by Gasteiger charge is -2.14. The predicted molar refractivity (Wildman–Crippen MR) is 71.3 cm³/mol. The van der Waals surface area contributed by atoms with Gasteiger partial charge in [0.15, 0.2) is 0 Å². The summed E-state index contributed by atoms with van der Waals surface area (Å²) >= 11 is 1.80. The van der Waals surface area contributed by atoms with E-state index in [0.717, 1.165) is 24.2 Å². The van der Waals surface area contributed by atoms with Crippen LogP contribution in [0.2, 0.25) is 0 Å². The second-order valence-electron chi connectivity index (χ2n) is 5.45. The van der Waals surface area contributed by atoms with E-state index >= 15 is 0 Å². The Kier molecular flexibility index (Phi) is 3.45. The van der Waals surface area contributed by atoms with Crippen molar-refractivity contribution in [2.45, 2.75) is 38.8 Å². The van der Waals surface area contributed by atoms with Crippen molar-refractivity contribution in [1.29, 1.82) is 0 Å². The van der Waals surface area contributed by atoms with Gasteiger partial charge in [-0.15, -0.1) is 11.3 Å². The molecule has 1 aliphatic heterocycles. The Labute approximate surface area is 107 Å². The maximum Gasteiger partial charge on any atom is 0.107 e. The van der Waals surface area contributed by atoms with E-state index in [2.05, 4.69) is 27.5 Å². The van der Waals surface area contributed by atoms with E-state index in [0.29, 0.717) is 0 Å². The number of hydrogen-bond acceptors (Lipinski definition) is 4. The van der Waals surface area contributed by atoms with Crippen LogP contribution in [0.1, 0.15) is 30.0 Å². The van der Waals surface area contributed by atoms with E-state index < -0.39 is 0 Å². The Morgan fingerprint density at radius 1 is 1.47 bits per heavy atom. The molecule has 2 aliphatic rings. The van der Waals surface area contributed by atoms with Crippen LogP contribution in [0, 0.1) is 12.8 Å². The van der Waals surface area contributed by atoms with Crippen molar-refractivity contribution in [2.24, 2.45) is 5.92 Å². The first kappa shape index (κ1) is 11.6. The van der Waals surface area contributed by atoms with Crippen molar-refractivity contribution in [3.63, 3.8) is 0 Å². The number of likely N-dealkylation sites (tertiary alicyclic amines) is 1. The fourth-order valence-electron chi connectivity index (χ4n) is 2.51. The van der Waals surface area contributed by atoms with E-state index in [1.54, 1.807) is 11.3 Å². The lowest BCUT2D eigenvalue weighted by Crippen LogP contribution is -2.27. The molecule has 2 fully saturated rings. The molecular formula is C13H21N3S. The molecule has 3 nitrogen and oxygen atoms in total. The van der Waals surface area contributed by atoms with Crippen LogP contribution in [0.15, 0.2) is 5.38 Å². The molecule has 1 N–H and O–H groups in total. The predicted octanol–water partition coefficient (Wildman–Crippen LogP) is 2.03. The highest BCUT2D eigenvalue weighted by Crippen LogP contribution is 2.22. The summed E-state index contributed by atoms with van der Waals surface area (Å²) in [5.74, 6) is 0.858. The van der Waals surface area contributed by atoms with E-state index in [1.807, 2.05) is 0 Å². The molecule has 1 saturated heterocycles. The van der Waals surface area contributed by atoms with Crippen molar-refractivity contribution in [3.8, 4) is 0 Å². The molecule has 17 heavy (non-hydrogen) atoms. The molecule has 1 unspecified atom stereocenters. The minimum atomic E-state index is 0.852. The van der Waals surface area contributed by atoms with Crippen molar-refractivity contribution < 1.29 is 0 Å². The van der Waals surface area contributed by atoms with Crippen molar-refractivity contribution >= 4 is 11.3 Å². The number of aryl methyl sites for hydroxylation is 1. The second-order valence-corrected chi connectivity index (χ2v) is 6.40. The number of nitrogens with one attached hydrogen (secondary N) is 1. The third kappa shape index (κ3) is 3.27. The second kappa shape index (κ2) is 5.04. The first-order valence-electron chi connectivity index (χ1n) is 6.66. The third-order valence-electron chi connectivity index (χ3n) is 3.67. The fourth-order valence-corrected chi connectivity index (χ4v) is 3.32. The van der Waals surface area contributed by atoms with Gasteiger partial charge in [0.25, 0.3) is 0 Å². The minimum Gasteiger partial charge on any atom is -0.314 e. The Bertz CT molecular complexity index is 372. The number of thiazole rings is 1. The standard InChI is InChI=1S/C13H21N3S/c1-10-9-17-13(15-10)8-16-5-4-11(7-16)6-14-12-2-3-12/h9,11-12,14H,2-8H2,1H3. The molecule has 0 bridgehead atoms. The van der Waals surface area contributed by atoms with Crippen LogP contribution < -0.4 is 5.32 Å². The molecule has 1 aromatic rings. The number of rotatable bonds is 5. The molecule has 1 saturated carbocycles. The Balaban J connectivity index is 1.43. The first-order chi connectivity index (χ1) is 8.29. The van der Waals surface area contributed by atoms with Gasteiger partial charge in [-0.2, -0.15) is 0 Å². The summed E-state index contributed by atoms with van der Waals surface area (Å²) in [6.07, 6.45) is 4.15. The highest BCUT2D eigenvalue weighted by atomic mass is 32.1. The summed E-state index contributed by atoms with van der Waals surface area (Å²) in [4.78, 5) is 7.10. The summed E-state index contributed by atoms with van der Waals surface area (Å²) in [7, 11) is 0. The van der Waals surface area contributed by atoms with Crippen LogP contribution in [0.25, 0.3) is 0 Å². The topological polar surface area (TPSA) is 28.2 Å². The average molecular weight is 251 g/mol. The largest absolute Gasteiger partial charge is 0.314 e. The molecule has 0 aromatic carbocycles. The molecule has 94 valence electrons. The molecule has 4 heteroatoms. The van der Waals surface area contributed by atoms with Crippen LogP contribution in [-0.2, 0) is 6.54 Å². The zero-order valence-corrected chi connectivity index (χ0v) is 11.3. The highest BCUT2D eigenvalue weighted by Gasteiger charge is 2.26. The van der Waals surface area contributed by atoms with Crippen molar-refractivity contribution in [2.75, 3.05) is 19.6 Å². The van der Waals surface area contributed by atoms with Gasteiger partial charge in [-0.25, -0.2) is 4.98 Å². The monoisotopic (exact) mass is 251 g/mol. The van der Waals surface area contributed by atoms with Gasteiger partial charge in [0.2, 0.25) is 0 Å². The van der Waals surface area contributed by atoms with E-state index in [-0.39, 0.29) is 0 Å². The van der Waals surface area contributed by atoms with Gasteiger partial charge in [0.1, 0.15) is 5.01 Å². The molecule has 1 atom stereocenters. The lowest BCUT2D eigenvalue weighted by molar-refractivity contribution is 0.313. The van der Waals surface area contributed by atoms with E-state index in [1.165, 1.54) is 43.9 Å². The van der Waals surface area contributed by atoms with Gasteiger partial charge in [-0.1, -0.05) is 0 Å². The van der Waals surface area contributed by atoms with Gasteiger partial charge in [-0.05, 0) is 45.2 Å². The number of nitrogens with zero attached hydrogens (tertiary/aromatic N) is 2. The van der Waals surface area contributed by atoms with Gasteiger partial charge in [-0.3, -0.25) is 4.90 Å². The minimum absolute atomic E-state index is 0.852. The number of aromatic nitrogens is 1. The summed E-state index contributed by atoms with van der Waals surface area (Å²) in [5, 5.41) is 7.07. The molecule has 3 rings (SSSR count). The van der Waals surface area contributed by atoms with Gasteiger partial charge >= 0.3 is 0 Å². The van der Waals surface area contributed by atoms with Gasteiger partial charge < -0.3 is 5.32 Å². The van der Waals surface area contributed by atoms with Crippen LogP contribution in [0.4, 0.5) is 0 Å². The summed E-state index contributed by atoms with van der Waals surface area (Å²) < 4.78 is 0. The summed E-state index contributed by atoms with van der Waals surface area (Å²) in [6.45, 7) is 6.84. The summed E-state index contributed by atoms with van der Waals surface area (Å²) in [5.41, 5.74) is 1.16.